The van der Waals surface area contributed by atoms with E-state index in [1.54, 1.807) is 12.4 Å². The molecule has 0 spiro atoms. The second-order valence-corrected chi connectivity index (χ2v) is 4.99. The molecule has 3 nitrogen and oxygen atoms in total. The highest BCUT2D eigenvalue weighted by Crippen LogP contribution is 2.28. The van der Waals surface area contributed by atoms with Crippen molar-refractivity contribution < 1.29 is 5.11 Å². The Kier molecular flexibility index (Phi) is 4.07. The molecule has 0 amide bonds. The Labute approximate surface area is 107 Å². The summed E-state index contributed by atoms with van der Waals surface area (Å²) in [7, 11) is 1.95. The van der Waals surface area contributed by atoms with Crippen LogP contribution in [0.25, 0.3) is 0 Å². The van der Waals surface area contributed by atoms with Gasteiger partial charge in [-0.1, -0.05) is 25.1 Å². The quantitative estimate of drug-likeness (QED) is 0.818. The van der Waals surface area contributed by atoms with Crippen LogP contribution in [0, 0.1) is 5.92 Å². The Hall–Kier alpha value is -1.00. The van der Waals surface area contributed by atoms with Crippen molar-refractivity contribution in [1.29, 1.82) is 0 Å². The smallest absolute Gasteiger partial charge is 0.0878 e. The molecule has 0 saturated heterocycles. The average molecular weight is 250 g/mol. The first-order valence-electron chi connectivity index (χ1n) is 6.06. The SMILES string of the molecule is CN(C(=S)[C@@H]1CCCC[C@H]1O)c1cccnc1. The third-order valence-corrected chi connectivity index (χ3v) is 3.99. The average Bonchev–Trinajstić information content (AvgIpc) is 2.39. The maximum Gasteiger partial charge on any atom is 0.0878 e. The molecule has 0 aromatic carbocycles. The largest absolute Gasteiger partial charge is 0.392 e. The van der Waals surface area contributed by atoms with E-state index in [9.17, 15) is 5.11 Å². The van der Waals surface area contributed by atoms with E-state index < -0.39 is 0 Å². The van der Waals surface area contributed by atoms with E-state index in [1.807, 2.05) is 24.1 Å². The second-order valence-electron chi connectivity index (χ2n) is 4.57. The molecule has 0 aliphatic heterocycles. The van der Waals surface area contributed by atoms with Crippen LogP contribution in [0.3, 0.4) is 0 Å². The van der Waals surface area contributed by atoms with Gasteiger partial charge < -0.3 is 10.0 Å². The lowest BCUT2D eigenvalue weighted by molar-refractivity contribution is 0.102. The van der Waals surface area contributed by atoms with Crippen molar-refractivity contribution in [3.05, 3.63) is 24.5 Å². The van der Waals surface area contributed by atoms with Crippen molar-refractivity contribution in [2.24, 2.45) is 5.92 Å². The number of rotatable bonds is 2. The summed E-state index contributed by atoms with van der Waals surface area (Å²) >= 11 is 5.49. The highest BCUT2D eigenvalue weighted by Gasteiger charge is 2.28. The van der Waals surface area contributed by atoms with Gasteiger partial charge in [-0.25, -0.2) is 0 Å². The zero-order valence-electron chi connectivity index (χ0n) is 10.0. The summed E-state index contributed by atoms with van der Waals surface area (Å²) in [5.41, 5.74) is 0.982. The Morgan fingerprint density at radius 3 is 2.88 bits per heavy atom. The van der Waals surface area contributed by atoms with Gasteiger partial charge in [0.15, 0.2) is 0 Å². The minimum atomic E-state index is -0.282. The number of hydrogen-bond donors (Lipinski definition) is 1. The van der Waals surface area contributed by atoms with Crippen LogP contribution in [-0.4, -0.2) is 28.2 Å². The fourth-order valence-corrected chi connectivity index (χ4v) is 2.71. The van der Waals surface area contributed by atoms with E-state index in [-0.39, 0.29) is 12.0 Å². The highest BCUT2D eigenvalue weighted by atomic mass is 32.1. The van der Waals surface area contributed by atoms with E-state index in [2.05, 4.69) is 4.98 Å². The molecule has 92 valence electrons. The first-order chi connectivity index (χ1) is 8.20. The molecule has 1 aliphatic carbocycles. The molecular formula is C13H18N2OS. The third kappa shape index (κ3) is 2.82. The maximum absolute atomic E-state index is 10.0. The minimum absolute atomic E-state index is 0.115. The molecule has 1 aliphatic rings. The van der Waals surface area contributed by atoms with Crippen LogP contribution in [0.15, 0.2) is 24.5 Å². The zero-order chi connectivity index (χ0) is 12.3. The lowest BCUT2D eigenvalue weighted by Gasteiger charge is -2.32. The molecule has 4 heteroatoms. The van der Waals surface area contributed by atoms with Gasteiger partial charge in [0.25, 0.3) is 0 Å². The molecule has 1 aromatic rings. The topological polar surface area (TPSA) is 36.4 Å². The van der Waals surface area contributed by atoms with Crippen LogP contribution >= 0.6 is 12.2 Å². The number of thiocarbonyl (C=S) groups is 1. The summed E-state index contributed by atoms with van der Waals surface area (Å²) in [5, 5.41) is 10.0. The van der Waals surface area contributed by atoms with Crippen LogP contribution in [-0.2, 0) is 0 Å². The monoisotopic (exact) mass is 250 g/mol. The lowest BCUT2D eigenvalue weighted by Crippen LogP contribution is -2.39. The maximum atomic E-state index is 10.0. The second kappa shape index (κ2) is 5.56. The van der Waals surface area contributed by atoms with E-state index in [0.717, 1.165) is 36.4 Å². The zero-order valence-corrected chi connectivity index (χ0v) is 10.9. The van der Waals surface area contributed by atoms with E-state index in [0.29, 0.717) is 0 Å². The fourth-order valence-electron chi connectivity index (χ4n) is 2.33. The van der Waals surface area contributed by atoms with Crippen molar-refractivity contribution in [2.75, 3.05) is 11.9 Å². The number of aliphatic hydroxyl groups is 1. The molecule has 1 fully saturated rings. The number of hydrogen-bond acceptors (Lipinski definition) is 3. The first kappa shape index (κ1) is 12.5. The molecule has 2 atom stereocenters. The fraction of sp³-hybridized carbons (Fsp3) is 0.538. The van der Waals surface area contributed by atoms with Crippen molar-refractivity contribution in [1.82, 2.24) is 4.98 Å². The highest BCUT2D eigenvalue weighted by molar-refractivity contribution is 7.80. The number of pyridine rings is 1. The predicted molar refractivity (Wildman–Crippen MR) is 73.2 cm³/mol. The van der Waals surface area contributed by atoms with Crippen molar-refractivity contribution in [3.8, 4) is 0 Å². The Balaban J connectivity index is 2.09. The first-order valence-corrected chi connectivity index (χ1v) is 6.46. The summed E-state index contributed by atoms with van der Waals surface area (Å²) in [6, 6.07) is 3.88. The number of aromatic nitrogens is 1. The number of aliphatic hydroxyl groups excluding tert-OH is 1. The molecule has 17 heavy (non-hydrogen) atoms. The van der Waals surface area contributed by atoms with Gasteiger partial charge in [0.1, 0.15) is 0 Å². The lowest BCUT2D eigenvalue weighted by atomic mass is 9.86. The molecule has 0 bridgehead atoms. The van der Waals surface area contributed by atoms with Crippen LogP contribution in [0.2, 0.25) is 0 Å². The van der Waals surface area contributed by atoms with Crippen molar-refractivity contribution in [3.63, 3.8) is 0 Å². The number of anilines is 1. The minimum Gasteiger partial charge on any atom is -0.392 e. The van der Waals surface area contributed by atoms with E-state index in [4.69, 9.17) is 12.2 Å². The molecule has 2 rings (SSSR count). The summed E-state index contributed by atoms with van der Waals surface area (Å²) < 4.78 is 0. The van der Waals surface area contributed by atoms with Gasteiger partial charge in [0.05, 0.1) is 23.0 Å². The molecular weight excluding hydrogens is 232 g/mol. The normalized spacial score (nSPS) is 24.4. The third-order valence-electron chi connectivity index (χ3n) is 3.41. The molecule has 1 aromatic heterocycles. The van der Waals surface area contributed by atoms with Gasteiger partial charge in [-0.3, -0.25) is 4.98 Å². The Morgan fingerprint density at radius 1 is 1.47 bits per heavy atom. The number of nitrogens with zero attached hydrogens (tertiary/aromatic N) is 2. The standard InChI is InChI=1S/C13H18N2OS/c1-15(10-5-4-8-14-9-10)13(17)11-6-2-3-7-12(11)16/h4-5,8-9,11-12,16H,2-3,6-7H2,1H3/t11-,12-/m1/s1. The Morgan fingerprint density at radius 2 is 2.24 bits per heavy atom. The van der Waals surface area contributed by atoms with Gasteiger partial charge in [0, 0.05) is 19.2 Å². The van der Waals surface area contributed by atoms with Crippen LogP contribution < -0.4 is 4.90 Å². The van der Waals surface area contributed by atoms with E-state index >= 15 is 0 Å². The summed E-state index contributed by atoms with van der Waals surface area (Å²) in [6.45, 7) is 0. The van der Waals surface area contributed by atoms with Crippen LogP contribution in [0.5, 0.6) is 0 Å². The summed E-state index contributed by atoms with van der Waals surface area (Å²) in [4.78, 5) is 6.87. The van der Waals surface area contributed by atoms with Gasteiger partial charge in [-0.15, -0.1) is 0 Å². The van der Waals surface area contributed by atoms with E-state index in [1.165, 1.54) is 0 Å². The molecule has 0 radical (unpaired) electrons. The van der Waals surface area contributed by atoms with Gasteiger partial charge in [0.2, 0.25) is 0 Å². The van der Waals surface area contributed by atoms with Gasteiger partial charge in [-0.05, 0) is 25.0 Å². The molecule has 1 saturated carbocycles. The molecule has 1 heterocycles. The van der Waals surface area contributed by atoms with Crippen LogP contribution in [0.4, 0.5) is 5.69 Å². The Bertz CT molecular complexity index is 382. The summed E-state index contributed by atoms with van der Waals surface area (Å²) in [6.07, 6.45) is 7.38. The van der Waals surface area contributed by atoms with Crippen molar-refractivity contribution in [2.45, 2.75) is 31.8 Å². The van der Waals surface area contributed by atoms with Crippen LogP contribution in [0.1, 0.15) is 25.7 Å². The van der Waals surface area contributed by atoms with Gasteiger partial charge >= 0.3 is 0 Å². The van der Waals surface area contributed by atoms with Crippen molar-refractivity contribution >= 4 is 22.9 Å². The summed E-state index contributed by atoms with van der Waals surface area (Å²) in [5.74, 6) is 0.115. The van der Waals surface area contributed by atoms with Gasteiger partial charge in [-0.2, -0.15) is 0 Å². The molecule has 1 N–H and O–H groups in total. The molecule has 0 unspecified atom stereocenters. The predicted octanol–water partition coefficient (Wildman–Crippen LogP) is 2.40.